The fourth-order valence-electron chi connectivity index (χ4n) is 2.45. The van der Waals surface area contributed by atoms with E-state index in [-0.39, 0.29) is 17.2 Å². The van der Waals surface area contributed by atoms with Crippen molar-refractivity contribution in [1.82, 2.24) is 4.90 Å². The second kappa shape index (κ2) is 4.46. The second-order valence-electron chi connectivity index (χ2n) is 5.29. The third-order valence-corrected chi connectivity index (χ3v) is 3.55. The first kappa shape index (κ1) is 12.1. The largest absolute Gasteiger partial charge is 0.295 e. The molecular formula is C15H19NO. The smallest absolute Gasteiger partial charge is 0.162 e. The van der Waals surface area contributed by atoms with E-state index in [0.29, 0.717) is 0 Å². The minimum Gasteiger partial charge on any atom is -0.295 e. The van der Waals surface area contributed by atoms with E-state index in [1.54, 1.807) is 6.08 Å². The van der Waals surface area contributed by atoms with Crippen molar-refractivity contribution in [1.29, 1.82) is 0 Å². The number of hydrogen-bond acceptors (Lipinski definition) is 2. The topological polar surface area (TPSA) is 20.3 Å². The predicted octanol–water partition coefficient (Wildman–Crippen LogP) is 2.65. The molecule has 1 unspecified atom stereocenters. The Morgan fingerprint density at radius 2 is 1.88 bits per heavy atom. The van der Waals surface area contributed by atoms with Crippen molar-refractivity contribution in [2.45, 2.75) is 26.4 Å². The molecule has 0 saturated heterocycles. The van der Waals surface area contributed by atoms with Crippen LogP contribution in [0.15, 0.2) is 42.5 Å². The summed E-state index contributed by atoms with van der Waals surface area (Å²) in [6.45, 7) is 4.90. The first-order valence-corrected chi connectivity index (χ1v) is 5.98. The van der Waals surface area contributed by atoms with Gasteiger partial charge in [0.2, 0.25) is 0 Å². The van der Waals surface area contributed by atoms with Gasteiger partial charge in [0, 0.05) is 18.0 Å². The van der Waals surface area contributed by atoms with Crippen LogP contribution in [0, 0.1) is 5.41 Å². The summed E-state index contributed by atoms with van der Waals surface area (Å²) in [5.74, 6) is 0.224. The van der Waals surface area contributed by atoms with Crippen LogP contribution in [0.1, 0.15) is 19.4 Å². The molecule has 0 bridgehead atoms. The minimum atomic E-state index is -0.302. The molecule has 0 saturated carbocycles. The Kier molecular flexibility index (Phi) is 3.16. The quantitative estimate of drug-likeness (QED) is 0.794. The zero-order valence-corrected chi connectivity index (χ0v) is 10.7. The van der Waals surface area contributed by atoms with Crippen LogP contribution in [-0.4, -0.2) is 23.8 Å². The molecule has 1 aliphatic rings. The maximum Gasteiger partial charge on any atom is 0.162 e. The summed E-state index contributed by atoms with van der Waals surface area (Å²) in [6.07, 6.45) is 3.73. The minimum absolute atomic E-state index is 0.190. The fraction of sp³-hybridized carbons (Fsp3) is 0.400. The van der Waals surface area contributed by atoms with Gasteiger partial charge < -0.3 is 0 Å². The summed E-state index contributed by atoms with van der Waals surface area (Å²) in [5, 5.41) is 0. The van der Waals surface area contributed by atoms with Gasteiger partial charge in [-0.2, -0.15) is 0 Å². The monoisotopic (exact) mass is 229 g/mol. The lowest BCUT2D eigenvalue weighted by Gasteiger charge is -2.33. The number of carbonyl (C=O) groups is 1. The van der Waals surface area contributed by atoms with Gasteiger partial charge in [-0.25, -0.2) is 0 Å². The van der Waals surface area contributed by atoms with E-state index in [0.717, 1.165) is 6.54 Å². The molecule has 1 aromatic rings. The molecule has 0 spiro atoms. The normalized spacial score (nSPS) is 22.4. The van der Waals surface area contributed by atoms with Crippen LogP contribution in [0.25, 0.3) is 0 Å². The van der Waals surface area contributed by atoms with E-state index in [9.17, 15) is 4.79 Å². The summed E-state index contributed by atoms with van der Waals surface area (Å²) < 4.78 is 0. The van der Waals surface area contributed by atoms with Gasteiger partial charge in [0.15, 0.2) is 5.78 Å². The molecule has 0 N–H and O–H groups in total. The van der Waals surface area contributed by atoms with Crippen LogP contribution in [0.4, 0.5) is 0 Å². The maximum atomic E-state index is 11.7. The SMILES string of the molecule is CN(Cc1ccccc1)C1C=CC(=O)C1(C)C. The van der Waals surface area contributed by atoms with Crippen LogP contribution < -0.4 is 0 Å². The summed E-state index contributed by atoms with van der Waals surface area (Å²) in [7, 11) is 2.07. The molecule has 0 aromatic heterocycles. The molecule has 2 nitrogen and oxygen atoms in total. The van der Waals surface area contributed by atoms with Crippen molar-refractivity contribution < 1.29 is 4.79 Å². The summed E-state index contributed by atoms with van der Waals surface area (Å²) in [6, 6.07) is 10.5. The van der Waals surface area contributed by atoms with E-state index in [1.807, 2.05) is 38.1 Å². The Labute approximate surface area is 103 Å². The summed E-state index contributed by atoms with van der Waals surface area (Å²) >= 11 is 0. The molecule has 17 heavy (non-hydrogen) atoms. The van der Waals surface area contributed by atoms with E-state index in [1.165, 1.54) is 5.56 Å². The molecule has 0 fully saturated rings. The molecule has 0 radical (unpaired) electrons. The number of allylic oxidation sites excluding steroid dienone is 1. The second-order valence-corrected chi connectivity index (χ2v) is 5.29. The van der Waals surface area contributed by atoms with E-state index >= 15 is 0 Å². The molecule has 1 atom stereocenters. The molecular weight excluding hydrogens is 210 g/mol. The van der Waals surface area contributed by atoms with Gasteiger partial charge in [0.25, 0.3) is 0 Å². The van der Waals surface area contributed by atoms with Gasteiger partial charge in [0.05, 0.1) is 0 Å². The zero-order valence-electron chi connectivity index (χ0n) is 10.7. The number of nitrogens with zero attached hydrogens (tertiary/aromatic N) is 1. The van der Waals surface area contributed by atoms with Crippen LogP contribution in [0.5, 0.6) is 0 Å². The number of hydrogen-bond donors (Lipinski definition) is 0. The highest BCUT2D eigenvalue weighted by Gasteiger charge is 2.40. The Balaban J connectivity index is 2.09. The highest BCUT2D eigenvalue weighted by molar-refractivity contribution is 5.97. The Morgan fingerprint density at radius 3 is 2.41 bits per heavy atom. The number of benzene rings is 1. The number of rotatable bonds is 3. The molecule has 0 amide bonds. The van der Waals surface area contributed by atoms with Crippen LogP contribution in [0.3, 0.4) is 0 Å². The van der Waals surface area contributed by atoms with Crippen molar-refractivity contribution in [3.8, 4) is 0 Å². The van der Waals surface area contributed by atoms with E-state index in [2.05, 4.69) is 24.1 Å². The summed E-state index contributed by atoms with van der Waals surface area (Å²) in [5.41, 5.74) is 0.974. The summed E-state index contributed by atoms with van der Waals surface area (Å²) in [4.78, 5) is 14.0. The average molecular weight is 229 g/mol. The van der Waals surface area contributed by atoms with Crippen molar-refractivity contribution in [2.24, 2.45) is 5.41 Å². The highest BCUT2D eigenvalue weighted by Crippen LogP contribution is 2.32. The van der Waals surface area contributed by atoms with Crippen molar-refractivity contribution in [3.63, 3.8) is 0 Å². The average Bonchev–Trinajstić information content (AvgIpc) is 2.55. The lowest BCUT2D eigenvalue weighted by molar-refractivity contribution is -0.123. The first-order valence-electron chi connectivity index (χ1n) is 5.98. The van der Waals surface area contributed by atoms with Crippen LogP contribution in [-0.2, 0) is 11.3 Å². The van der Waals surface area contributed by atoms with Gasteiger partial charge in [-0.1, -0.05) is 50.3 Å². The van der Waals surface area contributed by atoms with Crippen molar-refractivity contribution in [2.75, 3.05) is 7.05 Å². The number of ketones is 1. The molecule has 2 heteroatoms. The Hall–Kier alpha value is -1.41. The van der Waals surface area contributed by atoms with Gasteiger partial charge >= 0.3 is 0 Å². The van der Waals surface area contributed by atoms with Crippen molar-refractivity contribution >= 4 is 5.78 Å². The Morgan fingerprint density at radius 1 is 1.24 bits per heavy atom. The third-order valence-electron chi connectivity index (χ3n) is 3.55. The molecule has 1 aliphatic carbocycles. The molecule has 90 valence electrons. The van der Waals surface area contributed by atoms with Gasteiger partial charge in [0.1, 0.15) is 0 Å². The third kappa shape index (κ3) is 2.32. The first-order chi connectivity index (χ1) is 8.01. The van der Waals surface area contributed by atoms with E-state index in [4.69, 9.17) is 0 Å². The molecule has 2 rings (SSSR count). The lowest BCUT2D eigenvalue weighted by atomic mass is 9.84. The van der Waals surface area contributed by atoms with Gasteiger partial charge in [-0.05, 0) is 18.7 Å². The fourth-order valence-corrected chi connectivity index (χ4v) is 2.45. The number of likely N-dealkylation sites (N-methyl/N-ethyl adjacent to an activating group) is 1. The molecule has 0 heterocycles. The lowest BCUT2D eigenvalue weighted by Crippen LogP contribution is -2.42. The molecule has 0 aliphatic heterocycles. The predicted molar refractivity (Wildman–Crippen MR) is 69.6 cm³/mol. The Bertz CT molecular complexity index is 433. The standard InChI is InChI=1S/C15H19NO/c1-15(2)13(9-10-14(15)17)16(3)11-12-7-5-4-6-8-12/h4-10,13H,11H2,1-3H3. The highest BCUT2D eigenvalue weighted by atomic mass is 16.1. The van der Waals surface area contributed by atoms with Crippen LogP contribution >= 0.6 is 0 Å². The number of carbonyl (C=O) groups excluding carboxylic acids is 1. The van der Waals surface area contributed by atoms with E-state index < -0.39 is 0 Å². The van der Waals surface area contributed by atoms with Gasteiger partial charge in [-0.3, -0.25) is 9.69 Å². The van der Waals surface area contributed by atoms with Gasteiger partial charge in [-0.15, -0.1) is 0 Å². The maximum absolute atomic E-state index is 11.7. The van der Waals surface area contributed by atoms with Crippen molar-refractivity contribution in [3.05, 3.63) is 48.0 Å². The zero-order chi connectivity index (χ0) is 12.5. The van der Waals surface area contributed by atoms with Crippen LogP contribution in [0.2, 0.25) is 0 Å². The molecule has 1 aromatic carbocycles.